The van der Waals surface area contributed by atoms with E-state index in [0.717, 1.165) is 10.0 Å². The number of halogens is 2. The van der Waals surface area contributed by atoms with Gasteiger partial charge >= 0.3 is 6.09 Å². The Labute approximate surface area is 193 Å². The van der Waals surface area contributed by atoms with Gasteiger partial charge < -0.3 is 26.2 Å². The van der Waals surface area contributed by atoms with E-state index in [4.69, 9.17) is 22.1 Å². The molecule has 0 aliphatic rings. The molecular formula is C21H23BrClN3O5. The second-order valence-corrected chi connectivity index (χ2v) is 8.05. The average Bonchev–Trinajstić information content (AvgIpc) is 2.73. The molecule has 2 aromatic carbocycles. The molecule has 0 aliphatic carbocycles. The van der Waals surface area contributed by atoms with Gasteiger partial charge in [-0.15, -0.1) is 0 Å². The number of aliphatic hydroxyl groups is 1. The Morgan fingerprint density at radius 2 is 1.87 bits per heavy atom. The molecule has 2 aromatic rings. The predicted molar refractivity (Wildman–Crippen MR) is 119 cm³/mol. The van der Waals surface area contributed by atoms with Crippen LogP contribution in [0.3, 0.4) is 0 Å². The number of primary amides is 1. The number of hydrogen-bond donors (Lipinski definition) is 4. The Hall–Kier alpha value is -2.62. The van der Waals surface area contributed by atoms with Crippen molar-refractivity contribution < 1.29 is 24.2 Å². The number of nitrogens with one attached hydrogen (secondary N) is 2. The number of rotatable bonds is 10. The standard InChI is InChI=1S/C21H23BrClN3O5/c22-17-7-6-15(23)8-14(17)9-18(20(24)29)26-19(28)10-16(27)11-25-21(30)31-12-13-4-2-1-3-5-13/h1-8,16,18,27H,9-12H2,(H2,24,29)(H,25,30)(H,26,28)/t16-,18-/m1/s1. The number of amides is 3. The molecule has 0 aromatic heterocycles. The summed E-state index contributed by atoms with van der Waals surface area (Å²) in [6.45, 7) is -0.106. The quantitative estimate of drug-likeness (QED) is 0.388. The van der Waals surface area contributed by atoms with Gasteiger partial charge in [0.1, 0.15) is 12.6 Å². The predicted octanol–water partition coefficient (Wildman–Crippen LogP) is 2.29. The molecule has 0 spiro atoms. The summed E-state index contributed by atoms with van der Waals surface area (Å²) >= 11 is 9.33. The van der Waals surface area contributed by atoms with Crippen molar-refractivity contribution in [3.05, 3.63) is 69.2 Å². The van der Waals surface area contributed by atoms with Gasteiger partial charge in [0, 0.05) is 22.5 Å². The molecule has 3 amide bonds. The minimum absolute atomic E-state index is 0.0859. The lowest BCUT2D eigenvalue weighted by atomic mass is 10.0. The zero-order chi connectivity index (χ0) is 22.8. The average molecular weight is 513 g/mol. The zero-order valence-electron chi connectivity index (χ0n) is 16.5. The van der Waals surface area contributed by atoms with Crippen LogP contribution < -0.4 is 16.4 Å². The maximum atomic E-state index is 12.2. The van der Waals surface area contributed by atoms with Gasteiger partial charge in [0.2, 0.25) is 11.8 Å². The summed E-state index contributed by atoms with van der Waals surface area (Å²) in [5.41, 5.74) is 6.91. The van der Waals surface area contributed by atoms with Crippen molar-refractivity contribution in [2.24, 2.45) is 5.73 Å². The highest BCUT2D eigenvalue weighted by molar-refractivity contribution is 9.10. The Morgan fingerprint density at radius 3 is 2.55 bits per heavy atom. The van der Waals surface area contributed by atoms with Gasteiger partial charge in [0.15, 0.2) is 0 Å². The smallest absolute Gasteiger partial charge is 0.407 e. The molecule has 0 unspecified atom stereocenters. The van der Waals surface area contributed by atoms with E-state index < -0.39 is 30.1 Å². The minimum atomic E-state index is -1.17. The van der Waals surface area contributed by atoms with Gasteiger partial charge in [-0.25, -0.2) is 4.79 Å². The molecule has 2 rings (SSSR count). The van der Waals surface area contributed by atoms with E-state index in [-0.39, 0.29) is 26.0 Å². The van der Waals surface area contributed by atoms with Crippen LogP contribution in [0.5, 0.6) is 0 Å². The first-order valence-corrected chi connectivity index (χ1v) is 10.6. The van der Waals surface area contributed by atoms with Crippen LogP contribution in [0.2, 0.25) is 5.02 Å². The van der Waals surface area contributed by atoms with Crippen LogP contribution in [-0.4, -0.2) is 41.7 Å². The number of ether oxygens (including phenoxy) is 1. The fraction of sp³-hybridized carbons (Fsp3) is 0.286. The van der Waals surface area contributed by atoms with Crippen LogP contribution in [0.1, 0.15) is 17.5 Å². The summed E-state index contributed by atoms with van der Waals surface area (Å²) in [6.07, 6.45) is -2.10. The Morgan fingerprint density at radius 1 is 1.16 bits per heavy atom. The van der Waals surface area contributed by atoms with E-state index in [1.807, 2.05) is 30.3 Å². The first-order chi connectivity index (χ1) is 14.7. The van der Waals surface area contributed by atoms with Crippen molar-refractivity contribution in [1.29, 1.82) is 0 Å². The van der Waals surface area contributed by atoms with E-state index in [2.05, 4.69) is 26.6 Å². The van der Waals surface area contributed by atoms with Gasteiger partial charge in [-0.1, -0.05) is 57.9 Å². The van der Waals surface area contributed by atoms with Crippen LogP contribution in [0, 0.1) is 0 Å². The molecule has 10 heteroatoms. The summed E-state index contributed by atoms with van der Waals surface area (Å²) in [5, 5.41) is 15.4. The molecule has 31 heavy (non-hydrogen) atoms. The molecule has 0 heterocycles. The van der Waals surface area contributed by atoms with Crippen molar-refractivity contribution in [3.63, 3.8) is 0 Å². The molecule has 2 atom stereocenters. The highest BCUT2D eigenvalue weighted by Crippen LogP contribution is 2.22. The fourth-order valence-electron chi connectivity index (χ4n) is 2.66. The molecule has 166 valence electrons. The fourth-order valence-corrected chi connectivity index (χ4v) is 3.26. The molecule has 0 saturated carbocycles. The number of alkyl carbamates (subject to hydrolysis) is 1. The van der Waals surface area contributed by atoms with Crippen molar-refractivity contribution in [1.82, 2.24) is 10.6 Å². The maximum Gasteiger partial charge on any atom is 0.407 e. The van der Waals surface area contributed by atoms with Gasteiger partial charge in [-0.05, 0) is 29.3 Å². The third kappa shape index (κ3) is 8.95. The van der Waals surface area contributed by atoms with Crippen LogP contribution in [0.25, 0.3) is 0 Å². The SMILES string of the molecule is NC(=O)[C@@H](Cc1cc(Cl)ccc1Br)NC(=O)C[C@@H](O)CNC(=O)OCc1ccccc1. The Balaban J connectivity index is 1.77. The summed E-state index contributed by atoms with van der Waals surface area (Å²) < 4.78 is 5.75. The number of nitrogens with two attached hydrogens (primary N) is 1. The molecular weight excluding hydrogens is 490 g/mol. The van der Waals surface area contributed by atoms with Crippen LogP contribution in [0.4, 0.5) is 4.79 Å². The van der Waals surface area contributed by atoms with Gasteiger partial charge in [-0.2, -0.15) is 0 Å². The third-order valence-corrected chi connectivity index (χ3v) is 5.23. The van der Waals surface area contributed by atoms with Crippen molar-refractivity contribution in [2.75, 3.05) is 6.54 Å². The molecule has 0 fully saturated rings. The maximum absolute atomic E-state index is 12.2. The normalized spacial score (nSPS) is 12.5. The van der Waals surface area contributed by atoms with Gasteiger partial charge in [0.05, 0.1) is 12.5 Å². The molecule has 0 bridgehead atoms. The summed E-state index contributed by atoms with van der Waals surface area (Å²) in [6, 6.07) is 13.2. The van der Waals surface area contributed by atoms with E-state index in [9.17, 15) is 19.5 Å². The Kier molecular flexibility index (Phi) is 9.77. The van der Waals surface area contributed by atoms with Crippen molar-refractivity contribution >= 4 is 45.4 Å². The molecule has 0 radical (unpaired) electrons. The summed E-state index contributed by atoms with van der Waals surface area (Å²) in [4.78, 5) is 35.7. The number of benzene rings is 2. The number of carbonyl (C=O) groups is 3. The summed E-state index contributed by atoms with van der Waals surface area (Å²) in [5.74, 6) is -1.31. The molecule has 8 nitrogen and oxygen atoms in total. The van der Waals surface area contributed by atoms with Gasteiger partial charge in [-0.3, -0.25) is 9.59 Å². The first kappa shape index (κ1) is 24.6. The highest BCUT2D eigenvalue weighted by atomic mass is 79.9. The number of aliphatic hydroxyl groups excluding tert-OH is 1. The lowest BCUT2D eigenvalue weighted by Crippen LogP contribution is -2.47. The Bertz CT molecular complexity index is 913. The minimum Gasteiger partial charge on any atom is -0.445 e. The lowest BCUT2D eigenvalue weighted by molar-refractivity contribution is -0.128. The van der Waals surface area contributed by atoms with Gasteiger partial charge in [0.25, 0.3) is 0 Å². The van der Waals surface area contributed by atoms with Crippen molar-refractivity contribution in [3.8, 4) is 0 Å². The second kappa shape index (κ2) is 12.3. The topological polar surface area (TPSA) is 131 Å². The van der Waals surface area contributed by atoms with E-state index >= 15 is 0 Å². The van der Waals surface area contributed by atoms with E-state index in [1.54, 1.807) is 18.2 Å². The molecule has 0 aliphatic heterocycles. The third-order valence-electron chi connectivity index (χ3n) is 4.23. The van der Waals surface area contributed by atoms with E-state index in [1.165, 1.54) is 0 Å². The highest BCUT2D eigenvalue weighted by Gasteiger charge is 2.22. The molecule has 0 saturated heterocycles. The zero-order valence-corrected chi connectivity index (χ0v) is 18.9. The molecule has 5 N–H and O–H groups in total. The van der Waals surface area contributed by atoms with E-state index in [0.29, 0.717) is 10.6 Å². The number of carbonyl (C=O) groups excluding carboxylic acids is 3. The first-order valence-electron chi connectivity index (χ1n) is 9.40. The second-order valence-electron chi connectivity index (χ2n) is 6.76. The van der Waals surface area contributed by atoms with Crippen LogP contribution in [-0.2, 0) is 27.4 Å². The summed E-state index contributed by atoms with van der Waals surface area (Å²) in [7, 11) is 0. The monoisotopic (exact) mass is 511 g/mol. The van der Waals surface area contributed by atoms with Crippen LogP contribution >= 0.6 is 27.5 Å². The number of hydrogen-bond acceptors (Lipinski definition) is 5. The van der Waals surface area contributed by atoms with Crippen LogP contribution in [0.15, 0.2) is 53.0 Å². The van der Waals surface area contributed by atoms with Crippen molar-refractivity contribution in [2.45, 2.75) is 31.6 Å². The largest absolute Gasteiger partial charge is 0.445 e. The lowest BCUT2D eigenvalue weighted by Gasteiger charge is -2.18.